The molecule has 132 valence electrons. The molecule has 4 heteroatoms. The molecule has 2 aromatic rings. The summed E-state index contributed by atoms with van der Waals surface area (Å²) in [4.78, 5) is 26.7. The number of aryl methyl sites for hydroxylation is 2. The second-order valence-electron chi connectivity index (χ2n) is 6.59. The molecule has 2 amide bonds. The fourth-order valence-corrected chi connectivity index (χ4v) is 2.77. The van der Waals surface area contributed by atoms with Crippen LogP contribution in [0.4, 0.5) is 5.69 Å². The van der Waals surface area contributed by atoms with E-state index < -0.39 is 0 Å². The first-order valence-corrected chi connectivity index (χ1v) is 8.58. The summed E-state index contributed by atoms with van der Waals surface area (Å²) < 4.78 is 0. The maximum Gasteiger partial charge on any atom is 0.233 e. The summed E-state index contributed by atoms with van der Waals surface area (Å²) in [6, 6.07) is 15.7. The average molecular weight is 338 g/mol. The van der Waals surface area contributed by atoms with Crippen LogP contribution in [0, 0.1) is 13.8 Å². The van der Waals surface area contributed by atoms with Gasteiger partial charge in [-0.25, -0.2) is 0 Å². The highest BCUT2D eigenvalue weighted by Crippen LogP contribution is 2.20. The van der Waals surface area contributed by atoms with Crippen LogP contribution in [0.5, 0.6) is 0 Å². The van der Waals surface area contributed by atoms with Gasteiger partial charge in [0.1, 0.15) is 6.42 Å². The predicted molar refractivity (Wildman–Crippen MR) is 101 cm³/mol. The summed E-state index contributed by atoms with van der Waals surface area (Å²) in [6.45, 7) is 8.32. The lowest BCUT2D eigenvalue weighted by Crippen LogP contribution is -2.38. The molecule has 0 bridgehead atoms. The Labute approximate surface area is 149 Å². The van der Waals surface area contributed by atoms with Crippen LogP contribution in [-0.4, -0.2) is 22.8 Å². The summed E-state index contributed by atoms with van der Waals surface area (Å²) in [5.41, 5.74) is 3.83. The number of para-hydroxylation sites is 1. The lowest BCUT2D eigenvalue weighted by atomic mass is 10.1. The maximum atomic E-state index is 12.6. The normalized spacial score (nSPS) is 10.6. The Morgan fingerprint density at radius 2 is 1.56 bits per heavy atom. The molecule has 0 aromatic heterocycles. The third-order valence-electron chi connectivity index (χ3n) is 4.20. The molecule has 2 aromatic carbocycles. The van der Waals surface area contributed by atoms with Crippen molar-refractivity contribution in [2.24, 2.45) is 0 Å². The zero-order chi connectivity index (χ0) is 18.4. The molecule has 0 atom stereocenters. The van der Waals surface area contributed by atoms with E-state index in [9.17, 15) is 9.59 Å². The molecule has 0 saturated carbocycles. The van der Waals surface area contributed by atoms with Crippen LogP contribution < -0.4 is 5.32 Å². The van der Waals surface area contributed by atoms with Crippen LogP contribution in [0.25, 0.3) is 0 Å². The van der Waals surface area contributed by atoms with Gasteiger partial charge in [0.2, 0.25) is 11.8 Å². The molecule has 4 nitrogen and oxygen atoms in total. The van der Waals surface area contributed by atoms with Crippen molar-refractivity contribution in [2.45, 2.75) is 46.7 Å². The molecule has 25 heavy (non-hydrogen) atoms. The van der Waals surface area contributed by atoms with E-state index in [-0.39, 0.29) is 24.3 Å². The van der Waals surface area contributed by atoms with Gasteiger partial charge in [-0.2, -0.15) is 0 Å². The molecule has 0 aliphatic carbocycles. The number of hydrogen-bond acceptors (Lipinski definition) is 2. The van der Waals surface area contributed by atoms with Gasteiger partial charge in [0.15, 0.2) is 0 Å². The van der Waals surface area contributed by atoms with Crippen molar-refractivity contribution in [3.63, 3.8) is 0 Å². The van der Waals surface area contributed by atoms with Crippen molar-refractivity contribution >= 4 is 17.5 Å². The van der Waals surface area contributed by atoms with Gasteiger partial charge < -0.3 is 10.2 Å². The Morgan fingerprint density at radius 3 is 2.12 bits per heavy atom. The number of hydrogen-bond donors (Lipinski definition) is 1. The summed E-state index contributed by atoms with van der Waals surface area (Å²) in [5.74, 6) is -0.441. The lowest BCUT2D eigenvalue weighted by molar-refractivity contribution is -0.136. The van der Waals surface area contributed by atoms with Crippen molar-refractivity contribution in [1.29, 1.82) is 0 Å². The van der Waals surface area contributed by atoms with Crippen LogP contribution in [0.15, 0.2) is 48.5 Å². The van der Waals surface area contributed by atoms with Crippen LogP contribution in [0.2, 0.25) is 0 Å². The molecule has 0 fully saturated rings. The SMILES string of the molecule is Cc1cccc(C)c1NC(=O)CC(=O)N(Cc1ccccc1)C(C)C. The van der Waals surface area contributed by atoms with Crippen molar-refractivity contribution in [3.05, 3.63) is 65.2 Å². The van der Waals surface area contributed by atoms with Gasteiger partial charge in [0.25, 0.3) is 0 Å². The van der Waals surface area contributed by atoms with Crippen LogP contribution >= 0.6 is 0 Å². The lowest BCUT2D eigenvalue weighted by Gasteiger charge is -2.27. The van der Waals surface area contributed by atoms with E-state index in [1.54, 1.807) is 4.90 Å². The molecule has 2 rings (SSSR count). The first-order valence-electron chi connectivity index (χ1n) is 8.58. The highest BCUT2D eigenvalue weighted by Gasteiger charge is 2.20. The number of anilines is 1. The minimum atomic E-state index is -0.277. The Balaban J connectivity index is 2.04. The third kappa shape index (κ3) is 5.18. The molecule has 0 unspecified atom stereocenters. The van der Waals surface area contributed by atoms with Crippen LogP contribution in [-0.2, 0) is 16.1 Å². The van der Waals surface area contributed by atoms with Gasteiger partial charge in [-0.15, -0.1) is 0 Å². The fourth-order valence-electron chi connectivity index (χ4n) is 2.77. The zero-order valence-corrected chi connectivity index (χ0v) is 15.4. The number of nitrogens with zero attached hydrogens (tertiary/aromatic N) is 1. The molecular formula is C21H26N2O2. The fraction of sp³-hybridized carbons (Fsp3) is 0.333. The third-order valence-corrected chi connectivity index (χ3v) is 4.20. The minimum absolute atomic E-state index is 0.0284. The van der Waals surface area contributed by atoms with E-state index in [1.165, 1.54) is 0 Å². The molecule has 0 aliphatic rings. The van der Waals surface area contributed by atoms with Crippen LogP contribution in [0.3, 0.4) is 0 Å². The standard InChI is InChI=1S/C21H26N2O2/c1-15(2)23(14-18-11-6-5-7-12-18)20(25)13-19(24)22-21-16(3)9-8-10-17(21)4/h5-12,15H,13-14H2,1-4H3,(H,22,24). The molecule has 0 radical (unpaired) electrons. The van der Waals surface area contributed by atoms with Gasteiger partial charge in [-0.3, -0.25) is 9.59 Å². The smallest absolute Gasteiger partial charge is 0.233 e. The summed E-state index contributed by atoms with van der Waals surface area (Å²) >= 11 is 0. The summed E-state index contributed by atoms with van der Waals surface area (Å²) in [7, 11) is 0. The highest BCUT2D eigenvalue weighted by molar-refractivity contribution is 6.04. The second-order valence-corrected chi connectivity index (χ2v) is 6.59. The molecule has 0 saturated heterocycles. The second kappa shape index (κ2) is 8.47. The number of benzene rings is 2. The monoisotopic (exact) mass is 338 g/mol. The van der Waals surface area contributed by atoms with Crippen molar-refractivity contribution in [3.8, 4) is 0 Å². The van der Waals surface area contributed by atoms with Crippen molar-refractivity contribution in [2.75, 3.05) is 5.32 Å². The topological polar surface area (TPSA) is 49.4 Å². The number of carbonyl (C=O) groups excluding carboxylic acids is 2. The van der Waals surface area contributed by atoms with Gasteiger partial charge in [-0.1, -0.05) is 48.5 Å². The predicted octanol–water partition coefficient (Wildman–Crippen LogP) is 4.07. The zero-order valence-electron chi connectivity index (χ0n) is 15.4. The van der Waals surface area contributed by atoms with E-state index in [2.05, 4.69) is 5.32 Å². The summed E-state index contributed by atoms with van der Waals surface area (Å²) in [6.07, 6.45) is -0.154. The first kappa shape index (κ1) is 18.7. The number of rotatable bonds is 6. The minimum Gasteiger partial charge on any atom is -0.336 e. The van der Waals surface area contributed by atoms with E-state index in [0.717, 1.165) is 22.4 Å². The number of amides is 2. The molecular weight excluding hydrogens is 312 g/mol. The van der Waals surface area contributed by atoms with E-state index in [4.69, 9.17) is 0 Å². The highest BCUT2D eigenvalue weighted by atomic mass is 16.2. The van der Waals surface area contributed by atoms with E-state index in [1.807, 2.05) is 76.2 Å². The largest absolute Gasteiger partial charge is 0.336 e. The quantitative estimate of drug-likeness (QED) is 0.807. The maximum absolute atomic E-state index is 12.6. The molecule has 0 spiro atoms. The average Bonchev–Trinajstić information content (AvgIpc) is 2.56. The molecule has 0 heterocycles. The van der Waals surface area contributed by atoms with Gasteiger partial charge in [0, 0.05) is 18.3 Å². The Morgan fingerprint density at radius 1 is 0.960 bits per heavy atom. The first-order chi connectivity index (χ1) is 11.9. The van der Waals surface area contributed by atoms with Crippen molar-refractivity contribution < 1.29 is 9.59 Å². The van der Waals surface area contributed by atoms with E-state index in [0.29, 0.717) is 6.54 Å². The Bertz CT molecular complexity index is 719. The Kier molecular flexibility index (Phi) is 6.34. The van der Waals surface area contributed by atoms with Crippen LogP contribution in [0.1, 0.15) is 37.0 Å². The molecule has 1 N–H and O–H groups in total. The van der Waals surface area contributed by atoms with Gasteiger partial charge in [-0.05, 0) is 44.4 Å². The van der Waals surface area contributed by atoms with Gasteiger partial charge in [0.05, 0.1) is 0 Å². The van der Waals surface area contributed by atoms with Crippen molar-refractivity contribution in [1.82, 2.24) is 4.90 Å². The molecule has 0 aliphatic heterocycles. The number of carbonyl (C=O) groups is 2. The van der Waals surface area contributed by atoms with Gasteiger partial charge >= 0.3 is 0 Å². The number of nitrogens with one attached hydrogen (secondary N) is 1. The van der Waals surface area contributed by atoms with E-state index >= 15 is 0 Å². The Hall–Kier alpha value is -2.62. The summed E-state index contributed by atoms with van der Waals surface area (Å²) in [5, 5.41) is 2.88.